The summed E-state index contributed by atoms with van der Waals surface area (Å²) in [6, 6.07) is 8.50. The molecule has 2 heterocycles. The quantitative estimate of drug-likeness (QED) is 0.730. The summed E-state index contributed by atoms with van der Waals surface area (Å²) in [5, 5.41) is 7.73. The second kappa shape index (κ2) is 6.51. The minimum atomic E-state index is -0.539. The Morgan fingerprint density at radius 1 is 1.36 bits per heavy atom. The van der Waals surface area contributed by atoms with Gasteiger partial charge in [0.05, 0.1) is 12.6 Å². The van der Waals surface area contributed by atoms with Crippen molar-refractivity contribution in [1.29, 1.82) is 0 Å². The number of nitrogens with zero attached hydrogens (tertiary/aromatic N) is 3. The van der Waals surface area contributed by atoms with Crippen molar-refractivity contribution >= 4 is 22.9 Å². The number of carbonyl (C=O) groups excluding carboxylic acids is 1. The van der Waals surface area contributed by atoms with E-state index in [4.69, 9.17) is 9.26 Å². The predicted octanol–water partition coefficient (Wildman–Crippen LogP) is 3.28. The van der Waals surface area contributed by atoms with Crippen LogP contribution in [0.3, 0.4) is 0 Å². The van der Waals surface area contributed by atoms with Gasteiger partial charge in [-0.25, -0.2) is 9.78 Å². The summed E-state index contributed by atoms with van der Waals surface area (Å²) in [5.74, 6) is -0.000787. The Hall–Kier alpha value is -2.96. The maximum absolute atomic E-state index is 12.1. The van der Waals surface area contributed by atoms with Gasteiger partial charge >= 0.3 is 5.97 Å². The van der Waals surface area contributed by atoms with Crippen LogP contribution in [0.2, 0.25) is 0 Å². The van der Waals surface area contributed by atoms with Crippen LogP contribution in [0.4, 0.5) is 5.82 Å². The van der Waals surface area contributed by atoms with Crippen molar-refractivity contribution in [2.75, 3.05) is 11.9 Å². The van der Waals surface area contributed by atoms with E-state index in [9.17, 15) is 4.79 Å². The number of aryl methyl sites for hydroxylation is 1. The van der Waals surface area contributed by atoms with Crippen molar-refractivity contribution in [3.63, 3.8) is 0 Å². The van der Waals surface area contributed by atoms with Crippen LogP contribution < -0.4 is 5.32 Å². The van der Waals surface area contributed by atoms with E-state index >= 15 is 0 Å². The first-order valence-corrected chi connectivity index (χ1v) is 8.39. The number of aromatic nitrogens is 3. The minimum absolute atomic E-state index is 0.101. The zero-order valence-corrected chi connectivity index (χ0v) is 13.9. The molecule has 1 N–H and O–H groups in total. The van der Waals surface area contributed by atoms with Crippen molar-refractivity contribution in [3.05, 3.63) is 47.4 Å². The van der Waals surface area contributed by atoms with Crippen molar-refractivity contribution < 1.29 is 14.1 Å². The zero-order valence-electron chi connectivity index (χ0n) is 13.9. The topological polar surface area (TPSA) is 90.1 Å². The molecule has 0 amide bonds. The normalized spacial score (nSPS) is 16.4. The highest BCUT2D eigenvalue weighted by Gasteiger charge is 2.25. The van der Waals surface area contributed by atoms with Gasteiger partial charge in [-0.1, -0.05) is 29.4 Å². The molecule has 25 heavy (non-hydrogen) atoms. The number of nitrogens with one attached hydrogen (secondary N) is 1. The van der Waals surface area contributed by atoms with Gasteiger partial charge in [0.25, 0.3) is 5.71 Å². The van der Waals surface area contributed by atoms with Crippen molar-refractivity contribution in [1.82, 2.24) is 15.1 Å². The maximum Gasteiger partial charge on any atom is 0.361 e. The molecule has 2 aromatic heterocycles. The third kappa shape index (κ3) is 2.82. The predicted molar refractivity (Wildman–Crippen MR) is 91.3 cm³/mol. The molecule has 0 spiro atoms. The Balaban J connectivity index is 1.73. The van der Waals surface area contributed by atoms with Gasteiger partial charge < -0.3 is 14.6 Å². The number of esters is 1. The highest BCUT2D eigenvalue weighted by Crippen LogP contribution is 2.34. The van der Waals surface area contributed by atoms with E-state index < -0.39 is 5.97 Å². The fraction of sp³-hybridized carbons (Fsp3) is 0.333. The molecule has 1 aliphatic carbocycles. The molecule has 1 atom stereocenters. The molecule has 7 nitrogen and oxygen atoms in total. The van der Waals surface area contributed by atoms with E-state index in [0.717, 1.165) is 19.3 Å². The summed E-state index contributed by atoms with van der Waals surface area (Å²) in [6.07, 6.45) is 4.56. The van der Waals surface area contributed by atoms with E-state index in [1.54, 1.807) is 6.92 Å². The minimum Gasteiger partial charge on any atom is -0.461 e. The van der Waals surface area contributed by atoms with Crippen LogP contribution in [-0.2, 0) is 11.2 Å². The number of rotatable bonds is 4. The average molecular weight is 338 g/mol. The van der Waals surface area contributed by atoms with Crippen LogP contribution in [0.25, 0.3) is 11.1 Å². The molecule has 7 heteroatoms. The third-order valence-corrected chi connectivity index (χ3v) is 4.42. The molecule has 1 aliphatic rings. The smallest absolute Gasteiger partial charge is 0.361 e. The van der Waals surface area contributed by atoms with Gasteiger partial charge in [0.15, 0.2) is 0 Å². The maximum atomic E-state index is 12.1. The lowest BCUT2D eigenvalue weighted by molar-refractivity contribution is 0.0517. The molecule has 128 valence electrons. The van der Waals surface area contributed by atoms with E-state index in [2.05, 4.69) is 38.6 Å². The number of carbonyl (C=O) groups is 1. The van der Waals surface area contributed by atoms with Gasteiger partial charge in [-0.3, -0.25) is 0 Å². The van der Waals surface area contributed by atoms with Crippen molar-refractivity contribution in [2.24, 2.45) is 0 Å². The van der Waals surface area contributed by atoms with Gasteiger partial charge in [0.1, 0.15) is 17.5 Å². The molecule has 0 fully saturated rings. The molecular formula is C18H18N4O3. The lowest BCUT2D eigenvalue weighted by Crippen LogP contribution is -2.18. The Morgan fingerprint density at radius 3 is 3.12 bits per heavy atom. The van der Waals surface area contributed by atoms with Crippen LogP contribution in [0, 0.1) is 0 Å². The van der Waals surface area contributed by atoms with Gasteiger partial charge in [0.2, 0.25) is 5.69 Å². The molecule has 0 radical (unpaired) electrons. The van der Waals surface area contributed by atoms with Crippen LogP contribution in [-0.4, -0.2) is 27.7 Å². The number of benzene rings is 1. The van der Waals surface area contributed by atoms with E-state index in [0.29, 0.717) is 11.2 Å². The second-order valence-electron chi connectivity index (χ2n) is 5.94. The molecule has 0 aliphatic heterocycles. The second-order valence-corrected chi connectivity index (χ2v) is 5.94. The molecule has 0 bridgehead atoms. The summed E-state index contributed by atoms with van der Waals surface area (Å²) >= 11 is 0. The van der Waals surface area contributed by atoms with Gasteiger partial charge in [-0.2, -0.15) is 4.98 Å². The summed E-state index contributed by atoms with van der Waals surface area (Å²) in [7, 11) is 0. The SMILES string of the molecule is CCOC(=O)c1noc2ncnc(NC3CCCc4ccccc43)c12. The van der Waals surface area contributed by atoms with Gasteiger partial charge in [0, 0.05) is 0 Å². The summed E-state index contributed by atoms with van der Waals surface area (Å²) in [4.78, 5) is 20.5. The number of hydrogen-bond acceptors (Lipinski definition) is 7. The monoisotopic (exact) mass is 338 g/mol. The van der Waals surface area contributed by atoms with E-state index in [1.165, 1.54) is 17.5 Å². The van der Waals surface area contributed by atoms with Crippen LogP contribution in [0.1, 0.15) is 47.4 Å². The van der Waals surface area contributed by atoms with Gasteiger partial charge in [-0.05, 0) is 37.3 Å². The first-order chi connectivity index (χ1) is 12.3. The first-order valence-electron chi connectivity index (χ1n) is 8.39. The summed E-state index contributed by atoms with van der Waals surface area (Å²) in [6.45, 7) is 2.01. The Morgan fingerprint density at radius 2 is 2.24 bits per heavy atom. The fourth-order valence-electron chi connectivity index (χ4n) is 3.30. The van der Waals surface area contributed by atoms with Gasteiger partial charge in [-0.15, -0.1) is 0 Å². The molecule has 3 aromatic rings. The highest BCUT2D eigenvalue weighted by atomic mass is 16.5. The number of anilines is 1. The molecule has 0 saturated carbocycles. The van der Waals surface area contributed by atoms with Crippen LogP contribution >= 0.6 is 0 Å². The molecular weight excluding hydrogens is 320 g/mol. The van der Waals surface area contributed by atoms with Crippen LogP contribution in [0.5, 0.6) is 0 Å². The lowest BCUT2D eigenvalue weighted by atomic mass is 9.88. The largest absolute Gasteiger partial charge is 0.461 e. The average Bonchev–Trinajstić information content (AvgIpc) is 3.08. The Bertz CT molecular complexity index is 922. The molecule has 1 aromatic carbocycles. The van der Waals surface area contributed by atoms with E-state index in [1.807, 2.05) is 6.07 Å². The Kier molecular flexibility index (Phi) is 4.05. The van der Waals surface area contributed by atoms with Crippen molar-refractivity contribution in [2.45, 2.75) is 32.2 Å². The standard InChI is InChI=1S/C18H18N4O3/c1-2-24-18(23)15-14-16(19-10-20-17(14)25-22-15)21-13-9-5-7-11-6-3-4-8-12(11)13/h3-4,6,8,10,13H,2,5,7,9H2,1H3,(H,19,20,21). The number of ether oxygens (including phenoxy) is 1. The van der Waals surface area contributed by atoms with E-state index in [-0.39, 0.29) is 24.1 Å². The van der Waals surface area contributed by atoms with Crippen LogP contribution in [0.15, 0.2) is 35.1 Å². The Labute approximate surface area is 144 Å². The third-order valence-electron chi connectivity index (χ3n) is 4.42. The summed E-state index contributed by atoms with van der Waals surface area (Å²) in [5.41, 5.74) is 2.97. The highest BCUT2D eigenvalue weighted by molar-refractivity contribution is 6.04. The number of hydrogen-bond donors (Lipinski definition) is 1. The zero-order chi connectivity index (χ0) is 17.2. The summed E-state index contributed by atoms with van der Waals surface area (Å²) < 4.78 is 10.2. The molecule has 4 rings (SSSR count). The van der Waals surface area contributed by atoms with Crippen molar-refractivity contribution in [3.8, 4) is 0 Å². The fourth-order valence-corrected chi connectivity index (χ4v) is 3.30. The lowest BCUT2D eigenvalue weighted by Gasteiger charge is -2.26. The number of fused-ring (bicyclic) bond motifs is 2. The molecule has 0 saturated heterocycles. The molecule has 1 unspecified atom stereocenters. The first kappa shape index (κ1) is 15.6.